The lowest BCUT2D eigenvalue weighted by atomic mass is 10.3. The van der Waals surface area contributed by atoms with Gasteiger partial charge in [-0.2, -0.15) is 0 Å². The molecule has 1 N–H and O–H groups in total. The summed E-state index contributed by atoms with van der Waals surface area (Å²) in [7, 11) is 0. The number of ether oxygens (including phenoxy) is 1. The van der Waals surface area contributed by atoms with Crippen molar-refractivity contribution in [3.63, 3.8) is 0 Å². The van der Waals surface area contributed by atoms with E-state index in [1.807, 2.05) is 0 Å². The molecular formula is C10H12BrFO2. The predicted octanol–water partition coefficient (Wildman–Crippen LogP) is 2.74. The van der Waals surface area contributed by atoms with Crippen molar-refractivity contribution in [3.8, 4) is 5.75 Å². The summed E-state index contributed by atoms with van der Waals surface area (Å²) in [5.41, 5.74) is 0. The third-order valence-electron chi connectivity index (χ3n) is 1.70. The van der Waals surface area contributed by atoms with E-state index in [1.165, 1.54) is 12.1 Å². The predicted molar refractivity (Wildman–Crippen MR) is 55.9 cm³/mol. The van der Waals surface area contributed by atoms with Gasteiger partial charge in [0, 0.05) is 12.7 Å². The van der Waals surface area contributed by atoms with Gasteiger partial charge >= 0.3 is 0 Å². The fraction of sp³-hybridized carbons (Fsp3) is 0.400. The van der Waals surface area contributed by atoms with Crippen LogP contribution >= 0.6 is 15.9 Å². The summed E-state index contributed by atoms with van der Waals surface area (Å²) in [6, 6.07) is 4.31. The first-order chi connectivity index (χ1) is 6.74. The maximum Gasteiger partial charge on any atom is 0.136 e. The van der Waals surface area contributed by atoms with Crippen LogP contribution in [0.25, 0.3) is 0 Å². The van der Waals surface area contributed by atoms with Crippen molar-refractivity contribution < 1.29 is 14.2 Å². The van der Waals surface area contributed by atoms with Gasteiger partial charge in [0.05, 0.1) is 11.1 Å². The molecule has 78 valence electrons. The first kappa shape index (κ1) is 11.5. The second-order valence-electron chi connectivity index (χ2n) is 2.85. The molecule has 14 heavy (non-hydrogen) atoms. The molecule has 2 nitrogen and oxygen atoms in total. The molecule has 4 heteroatoms. The average Bonchev–Trinajstić information content (AvgIpc) is 2.18. The number of aliphatic hydroxyl groups excluding tert-OH is 1. The number of hydrogen-bond donors (Lipinski definition) is 1. The van der Waals surface area contributed by atoms with Crippen LogP contribution in [0.3, 0.4) is 0 Å². The molecule has 0 saturated heterocycles. The van der Waals surface area contributed by atoms with E-state index in [0.29, 0.717) is 18.8 Å². The largest absolute Gasteiger partial charge is 0.492 e. The fourth-order valence-corrected chi connectivity index (χ4v) is 1.34. The van der Waals surface area contributed by atoms with Crippen LogP contribution in [0.1, 0.15) is 12.8 Å². The van der Waals surface area contributed by atoms with Crippen molar-refractivity contribution in [2.45, 2.75) is 12.8 Å². The summed E-state index contributed by atoms with van der Waals surface area (Å²) in [4.78, 5) is 0. The molecule has 1 aromatic rings. The van der Waals surface area contributed by atoms with E-state index in [4.69, 9.17) is 9.84 Å². The van der Waals surface area contributed by atoms with Gasteiger partial charge in [-0.3, -0.25) is 0 Å². The minimum Gasteiger partial charge on any atom is -0.492 e. The molecule has 1 aromatic carbocycles. The zero-order valence-electron chi connectivity index (χ0n) is 7.67. The molecule has 0 heterocycles. The minimum absolute atomic E-state index is 0.160. The molecule has 1 rings (SSSR count). The molecule has 0 fully saturated rings. The van der Waals surface area contributed by atoms with Crippen molar-refractivity contribution in [2.75, 3.05) is 13.2 Å². The molecule has 0 bridgehead atoms. The van der Waals surface area contributed by atoms with Gasteiger partial charge in [-0.05, 0) is 40.9 Å². The molecule has 0 aliphatic heterocycles. The van der Waals surface area contributed by atoms with E-state index >= 15 is 0 Å². The van der Waals surface area contributed by atoms with E-state index in [-0.39, 0.29) is 12.4 Å². The van der Waals surface area contributed by atoms with Crippen LogP contribution < -0.4 is 4.74 Å². The van der Waals surface area contributed by atoms with Gasteiger partial charge in [-0.25, -0.2) is 4.39 Å². The maximum atomic E-state index is 12.8. The smallest absolute Gasteiger partial charge is 0.136 e. The average molecular weight is 263 g/mol. The van der Waals surface area contributed by atoms with Gasteiger partial charge in [0.1, 0.15) is 11.6 Å². The normalized spacial score (nSPS) is 10.2. The summed E-state index contributed by atoms with van der Waals surface area (Å²) in [6.45, 7) is 0.649. The Kier molecular flexibility index (Phi) is 4.90. The van der Waals surface area contributed by atoms with E-state index in [1.54, 1.807) is 6.07 Å². The Hall–Kier alpha value is -0.610. The van der Waals surface area contributed by atoms with Crippen LogP contribution in [0, 0.1) is 5.82 Å². The molecule has 0 aliphatic carbocycles. The van der Waals surface area contributed by atoms with E-state index in [0.717, 1.165) is 10.9 Å². The highest BCUT2D eigenvalue weighted by atomic mass is 79.9. The molecule has 0 radical (unpaired) electrons. The van der Waals surface area contributed by atoms with Gasteiger partial charge in [0.2, 0.25) is 0 Å². The zero-order valence-corrected chi connectivity index (χ0v) is 9.26. The van der Waals surface area contributed by atoms with Crippen molar-refractivity contribution in [2.24, 2.45) is 0 Å². The van der Waals surface area contributed by atoms with Gasteiger partial charge in [0.15, 0.2) is 0 Å². The molecule has 0 atom stereocenters. The molecular weight excluding hydrogens is 251 g/mol. The van der Waals surface area contributed by atoms with Gasteiger partial charge in [0.25, 0.3) is 0 Å². The highest BCUT2D eigenvalue weighted by Gasteiger charge is 2.02. The lowest BCUT2D eigenvalue weighted by Crippen LogP contribution is -1.99. The van der Waals surface area contributed by atoms with Crippen LogP contribution in [0.2, 0.25) is 0 Å². The van der Waals surface area contributed by atoms with Crippen LogP contribution in [0.15, 0.2) is 22.7 Å². The Bertz CT molecular complexity index is 291. The number of halogens is 2. The van der Waals surface area contributed by atoms with Crippen LogP contribution in [0.4, 0.5) is 4.39 Å². The minimum atomic E-state index is -0.314. The van der Waals surface area contributed by atoms with Crippen LogP contribution in [0.5, 0.6) is 5.75 Å². The standard InChI is InChI=1S/C10H12BrFO2/c11-9-4-3-8(12)7-10(9)14-6-2-1-5-13/h3-4,7,13H,1-2,5-6H2. The van der Waals surface area contributed by atoms with Crippen molar-refractivity contribution in [1.29, 1.82) is 0 Å². The molecule has 0 spiro atoms. The third kappa shape index (κ3) is 3.64. The SMILES string of the molecule is OCCCCOc1cc(F)ccc1Br. The molecule has 0 unspecified atom stereocenters. The summed E-state index contributed by atoms with van der Waals surface area (Å²) < 4.78 is 18.8. The quantitative estimate of drug-likeness (QED) is 0.828. The van der Waals surface area contributed by atoms with Crippen LogP contribution in [-0.4, -0.2) is 18.3 Å². The molecule has 0 aromatic heterocycles. The summed E-state index contributed by atoms with van der Waals surface area (Å²) in [5.74, 6) is 0.188. The second kappa shape index (κ2) is 5.98. The Balaban J connectivity index is 2.45. The van der Waals surface area contributed by atoms with Crippen molar-refractivity contribution in [3.05, 3.63) is 28.5 Å². The van der Waals surface area contributed by atoms with E-state index < -0.39 is 0 Å². The third-order valence-corrected chi connectivity index (χ3v) is 2.36. The first-order valence-corrected chi connectivity index (χ1v) is 5.22. The van der Waals surface area contributed by atoms with E-state index in [2.05, 4.69) is 15.9 Å². The number of unbranched alkanes of at least 4 members (excludes halogenated alkanes) is 1. The Morgan fingerprint density at radius 2 is 2.14 bits per heavy atom. The van der Waals surface area contributed by atoms with E-state index in [9.17, 15) is 4.39 Å². The lowest BCUT2D eigenvalue weighted by molar-refractivity contribution is 0.252. The monoisotopic (exact) mass is 262 g/mol. The Morgan fingerprint density at radius 3 is 2.86 bits per heavy atom. The number of benzene rings is 1. The van der Waals surface area contributed by atoms with Crippen molar-refractivity contribution >= 4 is 15.9 Å². The highest BCUT2D eigenvalue weighted by Crippen LogP contribution is 2.25. The molecule has 0 saturated carbocycles. The number of aliphatic hydroxyl groups is 1. The zero-order chi connectivity index (χ0) is 10.4. The summed E-state index contributed by atoms with van der Waals surface area (Å²) in [5, 5.41) is 8.54. The number of rotatable bonds is 5. The summed E-state index contributed by atoms with van der Waals surface area (Å²) in [6.07, 6.45) is 1.46. The molecule has 0 aliphatic rings. The van der Waals surface area contributed by atoms with Crippen molar-refractivity contribution in [1.82, 2.24) is 0 Å². The van der Waals surface area contributed by atoms with Crippen LogP contribution in [-0.2, 0) is 0 Å². The van der Waals surface area contributed by atoms with Gasteiger partial charge in [-0.1, -0.05) is 0 Å². The number of hydrogen-bond acceptors (Lipinski definition) is 2. The fourth-order valence-electron chi connectivity index (χ4n) is 0.984. The maximum absolute atomic E-state index is 12.8. The second-order valence-corrected chi connectivity index (χ2v) is 3.71. The lowest BCUT2D eigenvalue weighted by Gasteiger charge is -2.07. The topological polar surface area (TPSA) is 29.5 Å². The molecule has 0 amide bonds. The Labute approximate surface area is 90.8 Å². The highest BCUT2D eigenvalue weighted by molar-refractivity contribution is 9.10. The first-order valence-electron chi connectivity index (χ1n) is 4.43. The van der Waals surface area contributed by atoms with Gasteiger partial charge < -0.3 is 9.84 Å². The van der Waals surface area contributed by atoms with Gasteiger partial charge in [-0.15, -0.1) is 0 Å². The Morgan fingerprint density at radius 1 is 1.36 bits per heavy atom. The summed E-state index contributed by atoms with van der Waals surface area (Å²) >= 11 is 3.26.